The molecule has 1 heterocycles. The topological polar surface area (TPSA) is 58.2 Å². The summed E-state index contributed by atoms with van der Waals surface area (Å²) in [6.45, 7) is 4.45. The van der Waals surface area contributed by atoms with Gasteiger partial charge in [-0.25, -0.2) is 0 Å². The van der Waals surface area contributed by atoms with Gasteiger partial charge in [0.15, 0.2) is 0 Å². The fourth-order valence-electron chi connectivity index (χ4n) is 2.03. The van der Waals surface area contributed by atoms with E-state index in [9.17, 15) is 22.8 Å². The van der Waals surface area contributed by atoms with Crippen molar-refractivity contribution in [2.45, 2.75) is 26.9 Å². The maximum atomic E-state index is 12.0. The average Bonchev–Trinajstić information content (AvgIpc) is 2.55. The van der Waals surface area contributed by atoms with Crippen molar-refractivity contribution in [1.29, 1.82) is 0 Å². The quantitative estimate of drug-likeness (QED) is 0.735. The predicted octanol–water partition coefficient (Wildman–Crippen LogP) is 1.07. The molecular formula is C11H17F3N2O2. The van der Waals surface area contributed by atoms with Gasteiger partial charge < -0.3 is 10.6 Å². The van der Waals surface area contributed by atoms with E-state index < -0.39 is 30.5 Å². The van der Waals surface area contributed by atoms with Crippen LogP contribution in [0.1, 0.15) is 20.8 Å². The van der Waals surface area contributed by atoms with Gasteiger partial charge in [0.1, 0.15) is 12.5 Å². The molecule has 2 atom stereocenters. The highest BCUT2D eigenvalue weighted by molar-refractivity contribution is 6.02. The van der Waals surface area contributed by atoms with Crippen LogP contribution in [0.5, 0.6) is 0 Å². The van der Waals surface area contributed by atoms with E-state index in [2.05, 4.69) is 5.32 Å². The maximum Gasteiger partial charge on any atom is 0.405 e. The first kappa shape index (κ1) is 14.8. The Bertz CT molecular complexity index is 347. The van der Waals surface area contributed by atoms with E-state index in [1.54, 1.807) is 5.32 Å². The van der Waals surface area contributed by atoms with Crippen molar-refractivity contribution in [1.82, 2.24) is 10.6 Å². The number of nitrogens with one attached hydrogen (secondary N) is 2. The zero-order valence-corrected chi connectivity index (χ0v) is 10.5. The molecule has 0 saturated carbocycles. The van der Waals surface area contributed by atoms with Crippen LogP contribution in [0.15, 0.2) is 0 Å². The number of halogens is 3. The van der Waals surface area contributed by atoms with Gasteiger partial charge in [0.25, 0.3) is 0 Å². The fourth-order valence-corrected chi connectivity index (χ4v) is 2.03. The lowest BCUT2D eigenvalue weighted by atomic mass is 9.74. The van der Waals surface area contributed by atoms with Crippen LogP contribution in [-0.2, 0) is 9.59 Å². The van der Waals surface area contributed by atoms with Crippen LogP contribution in [0, 0.1) is 17.3 Å². The summed E-state index contributed by atoms with van der Waals surface area (Å²) in [5.41, 5.74) is -0.334. The number of rotatable bonds is 2. The van der Waals surface area contributed by atoms with Crippen molar-refractivity contribution in [2.75, 3.05) is 13.1 Å². The Balaban J connectivity index is 2.73. The normalized spacial score (nSPS) is 24.9. The van der Waals surface area contributed by atoms with Crippen LogP contribution in [-0.4, -0.2) is 31.1 Å². The molecule has 104 valence electrons. The number of amides is 2. The van der Waals surface area contributed by atoms with Gasteiger partial charge in [-0.2, -0.15) is 13.2 Å². The first-order valence-corrected chi connectivity index (χ1v) is 5.64. The van der Waals surface area contributed by atoms with Gasteiger partial charge in [-0.1, -0.05) is 20.8 Å². The molecule has 1 saturated heterocycles. The molecule has 0 radical (unpaired) electrons. The van der Waals surface area contributed by atoms with E-state index in [0.717, 1.165) is 0 Å². The van der Waals surface area contributed by atoms with Crippen LogP contribution in [0.25, 0.3) is 0 Å². The summed E-state index contributed by atoms with van der Waals surface area (Å²) in [6, 6.07) is 0. The molecule has 1 rings (SSSR count). The summed E-state index contributed by atoms with van der Waals surface area (Å²) in [7, 11) is 0. The molecule has 0 spiro atoms. The third kappa shape index (κ3) is 3.61. The number of alkyl halides is 3. The van der Waals surface area contributed by atoms with Crippen LogP contribution >= 0.6 is 0 Å². The minimum Gasteiger partial charge on any atom is -0.355 e. The van der Waals surface area contributed by atoms with Crippen molar-refractivity contribution in [3.63, 3.8) is 0 Å². The van der Waals surface area contributed by atoms with E-state index in [1.165, 1.54) is 0 Å². The predicted molar refractivity (Wildman–Crippen MR) is 58.5 cm³/mol. The van der Waals surface area contributed by atoms with Gasteiger partial charge >= 0.3 is 6.18 Å². The zero-order valence-electron chi connectivity index (χ0n) is 10.5. The maximum absolute atomic E-state index is 12.0. The zero-order chi connectivity index (χ0) is 14.1. The lowest BCUT2D eigenvalue weighted by Gasteiger charge is -2.29. The first-order chi connectivity index (χ1) is 8.02. The summed E-state index contributed by atoms with van der Waals surface area (Å²) in [4.78, 5) is 23.2. The van der Waals surface area contributed by atoms with Crippen molar-refractivity contribution < 1.29 is 22.8 Å². The molecule has 1 aliphatic heterocycles. The second kappa shape index (κ2) is 4.78. The molecule has 2 N–H and O–H groups in total. The molecule has 2 amide bonds. The van der Waals surface area contributed by atoms with Gasteiger partial charge in [-0.15, -0.1) is 0 Å². The molecule has 0 aliphatic carbocycles. The average molecular weight is 266 g/mol. The number of carbonyl (C=O) groups is 2. The lowest BCUT2D eigenvalue weighted by molar-refractivity contribution is -0.145. The Morgan fingerprint density at radius 2 is 1.94 bits per heavy atom. The largest absolute Gasteiger partial charge is 0.405 e. The Hall–Kier alpha value is -1.27. The van der Waals surface area contributed by atoms with Gasteiger partial charge in [0.05, 0.1) is 0 Å². The molecule has 7 heteroatoms. The van der Waals surface area contributed by atoms with Crippen LogP contribution < -0.4 is 10.6 Å². The lowest BCUT2D eigenvalue weighted by Crippen LogP contribution is -2.44. The summed E-state index contributed by atoms with van der Waals surface area (Å²) >= 11 is 0. The monoisotopic (exact) mass is 266 g/mol. The third-order valence-corrected chi connectivity index (χ3v) is 3.04. The van der Waals surface area contributed by atoms with E-state index in [4.69, 9.17) is 0 Å². The van der Waals surface area contributed by atoms with Gasteiger partial charge in [0, 0.05) is 12.5 Å². The Morgan fingerprint density at radius 1 is 1.39 bits per heavy atom. The highest BCUT2D eigenvalue weighted by atomic mass is 19.4. The van der Waals surface area contributed by atoms with E-state index in [0.29, 0.717) is 6.54 Å². The number of carbonyl (C=O) groups excluding carboxylic acids is 2. The standard InChI is InChI=1S/C11H17F3N2O2/c1-10(2,3)6-4-15-8(17)7(6)9(18)16-5-11(12,13)14/h6-7H,4-5H2,1-3H3,(H,15,17)(H,16,18). The molecule has 2 unspecified atom stereocenters. The van der Waals surface area contributed by atoms with Gasteiger partial charge in [0.2, 0.25) is 11.8 Å². The fraction of sp³-hybridized carbons (Fsp3) is 0.818. The van der Waals surface area contributed by atoms with Crippen molar-refractivity contribution in [3.8, 4) is 0 Å². The molecule has 4 nitrogen and oxygen atoms in total. The Kier molecular flexibility index (Phi) is 3.92. The van der Waals surface area contributed by atoms with Crippen molar-refractivity contribution in [2.24, 2.45) is 17.3 Å². The number of hydrogen-bond acceptors (Lipinski definition) is 2. The number of hydrogen-bond donors (Lipinski definition) is 2. The summed E-state index contributed by atoms with van der Waals surface area (Å²) in [5.74, 6) is -2.72. The first-order valence-electron chi connectivity index (χ1n) is 5.64. The summed E-state index contributed by atoms with van der Waals surface area (Å²) in [6.07, 6.45) is -4.47. The molecule has 18 heavy (non-hydrogen) atoms. The van der Waals surface area contributed by atoms with E-state index >= 15 is 0 Å². The van der Waals surface area contributed by atoms with Gasteiger partial charge in [-0.05, 0) is 5.41 Å². The molecule has 1 aliphatic rings. The molecular weight excluding hydrogens is 249 g/mol. The van der Waals surface area contributed by atoms with E-state index in [1.807, 2.05) is 20.8 Å². The highest BCUT2D eigenvalue weighted by Gasteiger charge is 2.46. The summed E-state index contributed by atoms with van der Waals surface area (Å²) < 4.78 is 36.0. The second-order valence-corrected chi connectivity index (χ2v) is 5.53. The van der Waals surface area contributed by atoms with Crippen LogP contribution in [0.4, 0.5) is 13.2 Å². The van der Waals surface area contributed by atoms with E-state index in [-0.39, 0.29) is 11.3 Å². The Morgan fingerprint density at radius 3 is 2.39 bits per heavy atom. The molecule has 0 aromatic heterocycles. The molecule has 0 aromatic rings. The smallest absolute Gasteiger partial charge is 0.355 e. The molecule has 0 bridgehead atoms. The van der Waals surface area contributed by atoms with Gasteiger partial charge in [-0.3, -0.25) is 9.59 Å². The Labute approximate surface area is 103 Å². The third-order valence-electron chi connectivity index (χ3n) is 3.04. The van der Waals surface area contributed by atoms with Crippen LogP contribution in [0.2, 0.25) is 0 Å². The summed E-state index contributed by atoms with van der Waals surface area (Å²) in [5, 5.41) is 4.30. The molecule has 1 fully saturated rings. The minimum atomic E-state index is -4.47. The SMILES string of the molecule is CC(C)(C)C1CNC(=O)C1C(=O)NCC(F)(F)F. The van der Waals surface area contributed by atoms with Crippen LogP contribution in [0.3, 0.4) is 0 Å². The van der Waals surface area contributed by atoms with Crippen molar-refractivity contribution in [3.05, 3.63) is 0 Å². The highest BCUT2D eigenvalue weighted by Crippen LogP contribution is 2.35. The van der Waals surface area contributed by atoms with Crippen molar-refractivity contribution >= 4 is 11.8 Å². The second-order valence-electron chi connectivity index (χ2n) is 5.53. The minimum absolute atomic E-state index is 0.307. The molecule has 0 aromatic carbocycles.